The van der Waals surface area contributed by atoms with Crippen LogP contribution in [0.5, 0.6) is 0 Å². The summed E-state index contributed by atoms with van der Waals surface area (Å²) < 4.78 is 8.24. The lowest BCUT2D eigenvalue weighted by Gasteiger charge is -2.03. The molecule has 0 radical (unpaired) electrons. The Morgan fingerprint density at radius 3 is 2.66 bits per heavy atom. The summed E-state index contributed by atoms with van der Waals surface area (Å²) in [6, 6.07) is 17.2. The van der Waals surface area contributed by atoms with E-state index in [1.165, 1.54) is 15.6 Å². The molecule has 0 spiro atoms. The van der Waals surface area contributed by atoms with Crippen LogP contribution in [0.4, 0.5) is 0 Å². The molecular formula is C20H15N7O2. The van der Waals surface area contributed by atoms with Gasteiger partial charge in [-0.1, -0.05) is 52.8 Å². The van der Waals surface area contributed by atoms with Crippen LogP contribution < -0.4 is 5.56 Å². The number of para-hydroxylation sites is 1. The molecule has 5 rings (SSSR count). The Morgan fingerprint density at radius 2 is 1.83 bits per heavy atom. The van der Waals surface area contributed by atoms with Gasteiger partial charge in [0.15, 0.2) is 11.2 Å². The van der Waals surface area contributed by atoms with E-state index in [0.717, 1.165) is 16.8 Å². The van der Waals surface area contributed by atoms with Gasteiger partial charge in [0, 0.05) is 5.56 Å². The molecule has 9 nitrogen and oxygen atoms in total. The van der Waals surface area contributed by atoms with Crippen molar-refractivity contribution >= 4 is 11.2 Å². The van der Waals surface area contributed by atoms with Crippen molar-refractivity contribution in [1.29, 1.82) is 0 Å². The number of aromatic nitrogens is 7. The zero-order chi connectivity index (χ0) is 19.8. The second-order valence-corrected chi connectivity index (χ2v) is 6.51. The Bertz CT molecular complexity index is 1370. The van der Waals surface area contributed by atoms with Gasteiger partial charge in [-0.05, 0) is 24.6 Å². The average molecular weight is 385 g/mol. The highest BCUT2D eigenvalue weighted by atomic mass is 16.5. The van der Waals surface area contributed by atoms with Gasteiger partial charge in [-0.3, -0.25) is 9.36 Å². The van der Waals surface area contributed by atoms with E-state index in [2.05, 4.69) is 25.4 Å². The minimum atomic E-state index is -0.326. The molecule has 0 aliphatic rings. The largest absolute Gasteiger partial charge is 0.337 e. The van der Waals surface area contributed by atoms with Crippen LogP contribution in [0.15, 0.2) is 70.2 Å². The molecule has 5 aromatic rings. The van der Waals surface area contributed by atoms with E-state index in [1.54, 1.807) is 0 Å². The Kier molecular flexibility index (Phi) is 3.98. The molecule has 0 saturated heterocycles. The van der Waals surface area contributed by atoms with Gasteiger partial charge in [-0.2, -0.15) is 9.67 Å². The van der Waals surface area contributed by atoms with Crippen LogP contribution in [0.1, 0.15) is 11.5 Å². The maximum Gasteiger partial charge on any atom is 0.284 e. The molecule has 3 aromatic heterocycles. The van der Waals surface area contributed by atoms with Crippen LogP contribution >= 0.6 is 0 Å². The molecule has 0 atom stereocenters. The van der Waals surface area contributed by atoms with Gasteiger partial charge in [-0.15, -0.1) is 5.10 Å². The monoisotopic (exact) mass is 385 g/mol. The summed E-state index contributed by atoms with van der Waals surface area (Å²) in [7, 11) is 0. The Balaban J connectivity index is 1.49. The van der Waals surface area contributed by atoms with Crippen molar-refractivity contribution in [1.82, 2.24) is 34.7 Å². The van der Waals surface area contributed by atoms with Gasteiger partial charge >= 0.3 is 0 Å². The molecule has 0 amide bonds. The van der Waals surface area contributed by atoms with Gasteiger partial charge in [0.25, 0.3) is 5.56 Å². The fraction of sp³-hybridized carbons (Fsp3) is 0.100. The second-order valence-electron chi connectivity index (χ2n) is 6.51. The minimum absolute atomic E-state index is 0.0961. The highest BCUT2D eigenvalue weighted by Crippen LogP contribution is 2.20. The van der Waals surface area contributed by atoms with Crippen LogP contribution in [-0.2, 0) is 6.54 Å². The molecule has 0 unspecified atom stereocenters. The molecule has 0 N–H and O–H groups in total. The summed E-state index contributed by atoms with van der Waals surface area (Å²) in [6.07, 6.45) is 1.44. The smallest absolute Gasteiger partial charge is 0.284 e. The van der Waals surface area contributed by atoms with Crippen LogP contribution in [-0.4, -0.2) is 34.7 Å². The number of aryl methyl sites for hydroxylation is 1. The van der Waals surface area contributed by atoms with E-state index in [0.29, 0.717) is 17.4 Å². The van der Waals surface area contributed by atoms with Crippen molar-refractivity contribution < 1.29 is 4.52 Å². The first-order chi connectivity index (χ1) is 14.2. The lowest BCUT2D eigenvalue weighted by Crippen LogP contribution is -2.21. The van der Waals surface area contributed by atoms with Crippen molar-refractivity contribution in [2.24, 2.45) is 0 Å². The van der Waals surface area contributed by atoms with Crippen LogP contribution in [0.25, 0.3) is 28.2 Å². The molecule has 29 heavy (non-hydrogen) atoms. The third kappa shape index (κ3) is 2.98. The topological polar surface area (TPSA) is 105 Å². The summed E-state index contributed by atoms with van der Waals surface area (Å²) in [6.45, 7) is 2.07. The fourth-order valence-electron chi connectivity index (χ4n) is 3.10. The van der Waals surface area contributed by atoms with Gasteiger partial charge in [-0.25, -0.2) is 4.98 Å². The summed E-state index contributed by atoms with van der Waals surface area (Å²) in [5, 5.41) is 12.1. The van der Waals surface area contributed by atoms with Crippen molar-refractivity contribution in [3.63, 3.8) is 0 Å². The zero-order valence-corrected chi connectivity index (χ0v) is 15.4. The Hall–Kier alpha value is -4.14. The third-order valence-electron chi connectivity index (χ3n) is 4.59. The quantitative estimate of drug-likeness (QED) is 0.468. The molecule has 3 heterocycles. The summed E-state index contributed by atoms with van der Waals surface area (Å²) in [5.41, 5.74) is 2.94. The zero-order valence-electron chi connectivity index (χ0n) is 15.4. The maximum atomic E-state index is 12.8. The summed E-state index contributed by atoms with van der Waals surface area (Å²) in [4.78, 5) is 21.6. The molecule has 2 aromatic carbocycles. The van der Waals surface area contributed by atoms with Gasteiger partial charge < -0.3 is 4.52 Å². The van der Waals surface area contributed by atoms with Gasteiger partial charge in [0.05, 0.1) is 5.69 Å². The maximum absolute atomic E-state index is 12.8. The average Bonchev–Trinajstić information content (AvgIpc) is 3.39. The van der Waals surface area contributed by atoms with Crippen molar-refractivity contribution in [2.45, 2.75) is 13.5 Å². The molecule has 142 valence electrons. The molecular weight excluding hydrogens is 370 g/mol. The van der Waals surface area contributed by atoms with E-state index in [1.807, 2.05) is 61.5 Å². The van der Waals surface area contributed by atoms with Crippen LogP contribution in [0.2, 0.25) is 0 Å². The molecule has 0 saturated carbocycles. The number of fused-ring (bicyclic) bond motifs is 1. The standard InChI is InChI=1S/C20H15N7O2/c1-13-7-5-6-10-15(13)18-22-16(29-24-18)11-26-12-21-19-17(20(26)28)23-25-27(19)14-8-3-2-4-9-14/h2-10,12H,11H2,1H3. The molecule has 0 bridgehead atoms. The number of hydrogen-bond donors (Lipinski definition) is 0. The molecule has 0 fully saturated rings. The summed E-state index contributed by atoms with van der Waals surface area (Å²) >= 11 is 0. The summed E-state index contributed by atoms with van der Waals surface area (Å²) in [5.74, 6) is 0.789. The predicted molar refractivity (Wildman–Crippen MR) is 104 cm³/mol. The second kappa shape index (κ2) is 6.79. The predicted octanol–water partition coefficient (Wildman–Crippen LogP) is 2.38. The molecule has 9 heteroatoms. The highest BCUT2D eigenvalue weighted by molar-refractivity contribution is 5.70. The highest BCUT2D eigenvalue weighted by Gasteiger charge is 2.16. The fourth-order valence-corrected chi connectivity index (χ4v) is 3.10. The number of hydrogen-bond acceptors (Lipinski definition) is 7. The van der Waals surface area contributed by atoms with E-state index >= 15 is 0 Å². The normalized spacial score (nSPS) is 11.2. The van der Waals surface area contributed by atoms with Crippen molar-refractivity contribution in [2.75, 3.05) is 0 Å². The van der Waals surface area contributed by atoms with Crippen molar-refractivity contribution in [3.05, 3.63) is 82.7 Å². The van der Waals surface area contributed by atoms with Gasteiger partial charge in [0.1, 0.15) is 12.9 Å². The number of nitrogens with zero attached hydrogens (tertiary/aromatic N) is 7. The van der Waals surface area contributed by atoms with Crippen LogP contribution in [0, 0.1) is 6.92 Å². The van der Waals surface area contributed by atoms with E-state index in [-0.39, 0.29) is 17.6 Å². The van der Waals surface area contributed by atoms with Crippen LogP contribution in [0.3, 0.4) is 0 Å². The molecule has 0 aliphatic carbocycles. The first kappa shape index (κ1) is 17.0. The first-order valence-corrected chi connectivity index (χ1v) is 8.95. The SMILES string of the molecule is Cc1ccccc1-c1noc(Cn2cnc3c(nnn3-c3ccccc3)c2=O)n1. The number of benzene rings is 2. The van der Waals surface area contributed by atoms with Gasteiger partial charge in [0.2, 0.25) is 11.7 Å². The van der Waals surface area contributed by atoms with Crippen molar-refractivity contribution in [3.8, 4) is 17.1 Å². The Morgan fingerprint density at radius 1 is 1.03 bits per heavy atom. The lowest BCUT2D eigenvalue weighted by molar-refractivity contribution is 0.369. The molecule has 0 aliphatic heterocycles. The lowest BCUT2D eigenvalue weighted by atomic mass is 10.1. The first-order valence-electron chi connectivity index (χ1n) is 8.95. The minimum Gasteiger partial charge on any atom is -0.337 e. The number of rotatable bonds is 4. The van der Waals surface area contributed by atoms with E-state index in [4.69, 9.17) is 4.52 Å². The van der Waals surface area contributed by atoms with E-state index < -0.39 is 0 Å². The Labute approximate surface area is 164 Å². The van der Waals surface area contributed by atoms with E-state index in [9.17, 15) is 4.79 Å². The third-order valence-corrected chi connectivity index (χ3v) is 4.59.